The minimum Gasteiger partial charge on any atom is -0.398 e. The number of halogens is 1. The number of nitrogens with zero attached hydrogens (tertiary/aromatic N) is 1. The Morgan fingerprint density at radius 3 is 2.93 bits per heavy atom. The van der Waals surface area contributed by atoms with Crippen molar-refractivity contribution in [3.63, 3.8) is 0 Å². The molecule has 0 saturated heterocycles. The first-order valence-corrected chi connectivity index (χ1v) is 4.62. The summed E-state index contributed by atoms with van der Waals surface area (Å²) in [5, 5.41) is 9.01. The molecule has 0 atom stereocenters. The molecular weight excluding hydrogens is 196 g/mol. The third-order valence-electron chi connectivity index (χ3n) is 1.96. The Hall–Kier alpha value is -1.46. The van der Waals surface area contributed by atoms with Crippen LogP contribution in [0.4, 0.5) is 5.69 Å². The lowest BCUT2D eigenvalue weighted by atomic mass is 10.1. The van der Waals surface area contributed by atoms with Crippen LogP contribution in [0.3, 0.4) is 0 Å². The third-order valence-corrected chi connectivity index (χ3v) is 2.47. The monoisotopic (exact) mass is 206 g/mol. The summed E-state index contributed by atoms with van der Waals surface area (Å²) in [6.07, 6.45) is 3.99. The van der Waals surface area contributed by atoms with E-state index in [0.717, 1.165) is 11.1 Å². The second-order valence-electron chi connectivity index (χ2n) is 2.95. The fourth-order valence-corrected chi connectivity index (χ4v) is 1.32. The van der Waals surface area contributed by atoms with Gasteiger partial charge < -0.3 is 5.73 Å². The quantitative estimate of drug-likeness (QED) is 0.756. The zero-order valence-corrected chi connectivity index (χ0v) is 8.67. The van der Waals surface area contributed by atoms with Gasteiger partial charge in [-0.1, -0.05) is 29.8 Å². The molecule has 0 spiro atoms. The Kier molecular flexibility index (Phi) is 3.55. The summed E-state index contributed by atoms with van der Waals surface area (Å²) >= 11 is 6.06. The average molecular weight is 207 g/mol. The highest BCUT2D eigenvalue weighted by atomic mass is 35.5. The van der Waals surface area contributed by atoms with Crippen LogP contribution in [0.5, 0.6) is 0 Å². The van der Waals surface area contributed by atoms with Gasteiger partial charge >= 0.3 is 0 Å². The normalized spacial score (nSPS) is 10.4. The van der Waals surface area contributed by atoms with Gasteiger partial charge in [0.1, 0.15) is 0 Å². The van der Waals surface area contributed by atoms with E-state index in [-0.39, 0.29) is 0 Å². The van der Waals surface area contributed by atoms with Crippen LogP contribution in [0, 0.1) is 18.3 Å². The van der Waals surface area contributed by atoms with Gasteiger partial charge in [0.05, 0.1) is 17.5 Å². The van der Waals surface area contributed by atoms with E-state index >= 15 is 0 Å². The number of nitrogens with two attached hydrogens (primary N) is 1. The molecule has 0 aliphatic heterocycles. The van der Waals surface area contributed by atoms with E-state index in [0.29, 0.717) is 17.1 Å². The van der Waals surface area contributed by atoms with E-state index < -0.39 is 0 Å². The van der Waals surface area contributed by atoms with Crippen LogP contribution >= 0.6 is 11.6 Å². The highest BCUT2D eigenvalue weighted by molar-refractivity contribution is 6.33. The van der Waals surface area contributed by atoms with Gasteiger partial charge in [0, 0.05) is 5.69 Å². The van der Waals surface area contributed by atoms with Gasteiger partial charge in [0.15, 0.2) is 0 Å². The van der Waals surface area contributed by atoms with E-state index in [9.17, 15) is 0 Å². The zero-order valence-electron chi connectivity index (χ0n) is 7.92. The number of anilines is 1. The molecule has 0 aliphatic rings. The van der Waals surface area contributed by atoms with Crippen molar-refractivity contribution in [3.8, 4) is 6.07 Å². The Labute approximate surface area is 88.6 Å². The molecule has 1 rings (SSSR count). The molecule has 0 amide bonds. The highest BCUT2D eigenvalue weighted by Gasteiger charge is 2.02. The Morgan fingerprint density at radius 1 is 1.57 bits per heavy atom. The van der Waals surface area contributed by atoms with Crippen LogP contribution in [-0.4, -0.2) is 0 Å². The highest BCUT2D eigenvalue weighted by Crippen LogP contribution is 2.26. The number of rotatable bonds is 2. The lowest BCUT2D eigenvalue weighted by molar-refractivity contribution is 1.36. The summed E-state index contributed by atoms with van der Waals surface area (Å²) < 4.78 is 0. The maximum Gasteiger partial charge on any atom is 0.0663 e. The number of benzene rings is 1. The van der Waals surface area contributed by atoms with Crippen molar-refractivity contribution in [1.82, 2.24) is 0 Å². The van der Waals surface area contributed by atoms with Crippen LogP contribution in [0.15, 0.2) is 18.2 Å². The smallest absolute Gasteiger partial charge is 0.0663 e. The summed E-state index contributed by atoms with van der Waals surface area (Å²) in [5.41, 5.74) is 8.15. The first kappa shape index (κ1) is 10.6. The van der Waals surface area contributed by atoms with Crippen molar-refractivity contribution in [1.29, 1.82) is 5.26 Å². The van der Waals surface area contributed by atoms with Crippen molar-refractivity contribution >= 4 is 23.4 Å². The molecule has 0 heterocycles. The number of hydrogen-bond acceptors (Lipinski definition) is 2. The lowest BCUT2D eigenvalue weighted by Gasteiger charge is -2.05. The molecule has 72 valence electrons. The maximum atomic E-state index is 8.36. The van der Waals surface area contributed by atoms with Crippen molar-refractivity contribution < 1.29 is 0 Å². The molecule has 1 aromatic carbocycles. The third kappa shape index (κ3) is 2.27. The van der Waals surface area contributed by atoms with Gasteiger partial charge in [-0.3, -0.25) is 0 Å². The van der Waals surface area contributed by atoms with Gasteiger partial charge in [0.25, 0.3) is 0 Å². The largest absolute Gasteiger partial charge is 0.398 e. The molecule has 0 fully saturated rings. The van der Waals surface area contributed by atoms with Crippen molar-refractivity contribution in [3.05, 3.63) is 34.4 Å². The van der Waals surface area contributed by atoms with Crippen LogP contribution in [0.25, 0.3) is 6.08 Å². The minimum atomic E-state index is 0.389. The minimum absolute atomic E-state index is 0.389. The van der Waals surface area contributed by atoms with E-state index in [1.807, 2.05) is 31.2 Å². The number of nitriles is 1. The molecule has 3 heteroatoms. The fraction of sp³-hybridized carbons (Fsp3) is 0.182. The second kappa shape index (κ2) is 4.69. The average Bonchev–Trinajstić information content (AvgIpc) is 2.18. The number of hydrogen-bond donors (Lipinski definition) is 1. The molecule has 0 aliphatic carbocycles. The topological polar surface area (TPSA) is 49.8 Å². The van der Waals surface area contributed by atoms with Gasteiger partial charge in [-0.2, -0.15) is 5.26 Å². The van der Waals surface area contributed by atoms with E-state index in [1.54, 1.807) is 6.08 Å². The maximum absolute atomic E-state index is 8.36. The van der Waals surface area contributed by atoms with Gasteiger partial charge in [-0.15, -0.1) is 0 Å². The fourth-order valence-electron chi connectivity index (χ4n) is 1.09. The van der Waals surface area contributed by atoms with Crippen LogP contribution < -0.4 is 5.73 Å². The van der Waals surface area contributed by atoms with Crippen LogP contribution in [0.1, 0.15) is 17.5 Å². The Morgan fingerprint density at radius 2 is 2.29 bits per heavy atom. The molecule has 2 N–H and O–H groups in total. The molecule has 0 saturated carbocycles. The van der Waals surface area contributed by atoms with E-state index in [1.165, 1.54) is 0 Å². The molecule has 2 nitrogen and oxygen atoms in total. The molecule has 0 radical (unpaired) electrons. The molecule has 0 aromatic heterocycles. The predicted molar refractivity (Wildman–Crippen MR) is 59.9 cm³/mol. The summed E-state index contributed by atoms with van der Waals surface area (Å²) in [5.74, 6) is 0. The summed E-state index contributed by atoms with van der Waals surface area (Å²) in [6.45, 7) is 1.87. The summed E-state index contributed by atoms with van der Waals surface area (Å²) in [6, 6.07) is 5.69. The Balaban J connectivity index is 3.01. The SMILES string of the molecule is Cc1c(N)ccc(C=CCC#N)c1Cl. The first-order valence-electron chi connectivity index (χ1n) is 4.25. The zero-order chi connectivity index (χ0) is 10.6. The predicted octanol–water partition coefficient (Wildman–Crippen LogP) is 3.16. The molecule has 0 bridgehead atoms. The van der Waals surface area contributed by atoms with Crippen LogP contribution in [0.2, 0.25) is 5.02 Å². The van der Waals surface area contributed by atoms with Gasteiger partial charge in [-0.25, -0.2) is 0 Å². The summed E-state index contributed by atoms with van der Waals surface area (Å²) in [4.78, 5) is 0. The van der Waals surface area contributed by atoms with Crippen molar-refractivity contribution in [2.24, 2.45) is 0 Å². The lowest BCUT2D eigenvalue weighted by Crippen LogP contribution is -1.91. The van der Waals surface area contributed by atoms with E-state index in [2.05, 4.69) is 0 Å². The second-order valence-corrected chi connectivity index (χ2v) is 3.33. The molecule has 14 heavy (non-hydrogen) atoms. The van der Waals surface area contributed by atoms with Gasteiger partial charge in [-0.05, 0) is 24.1 Å². The van der Waals surface area contributed by atoms with Crippen molar-refractivity contribution in [2.45, 2.75) is 13.3 Å². The molecular formula is C11H11ClN2. The number of allylic oxidation sites excluding steroid dienone is 1. The molecule has 1 aromatic rings. The standard InChI is InChI=1S/C11H11ClN2/c1-8-10(14)6-5-9(11(8)12)4-2-3-7-13/h2,4-6H,3,14H2,1H3. The van der Waals surface area contributed by atoms with E-state index in [4.69, 9.17) is 22.6 Å². The van der Waals surface area contributed by atoms with Crippen molar-refractivity contribution in [2.75, 3.05) is 5.73 Å². The first-order chi connectivity index (χ1) is 6.66. The number of nitrogen functional groups attached to an aromatic ring is 1. The van der Waals surface area contributed by atoms with Crippen LogP contribution in [-0.2, 0) is 0 Å². The van der Waals surface area contributed by atoms with Gasteiger partial charge in [0.2, 0.25) is 0 Å². The summed E-state index contributed by atoms with van der Waals surface area (Å²) in [7, 11) is 0. The Bertz CT molecular complexity index is 402. The molecule has 0 unspecified atom stereocenters.